The monoisotopic (exact) mass is 1200 g/mol. The van der Waals surface area contributed by atoms with Crippen molar-refractivity contribution in [1.82, 2.24) is 9.80 Å². The predicted octanol–water partition coefficient (Wildman–Crippen LogP) is 19.6. The lowest BCUT2D eigenvalue weighted by Crippen LogP contribution is -2.74. The highest BCUT2D eigenvalue weighted by Crippen LogP contribution is 2.62. The summed E-state index contributed by atoms with van der Waals surface area (Å²) in [7, 11) is 3.17. The van der Waals surface area contributed by atoms with E-state index in [0.29, 0.717) is 0 Å². The van der Waals surface area contributed by atoms with Crippen LogP contribution in [-0.4, -0.2) is 116 Å². The van der Waals surface area contributed by atoms with Gasteiger partial charge in [-0.3, -0.25) is 14.4 Å². The molecule has 0 fully saturated rings. The van der Waals surface area contributed by atoms with Crippen molar-refractivity contribution in [2.24, 2.45) is 11.8 Å². The number of unbranched alkanes of at least 4 members (excludes halogenated alkanes) is 21. The summed E-state index contributed by atoms with van der Waals surface area (Å²) in [4.78, 5) is 41.1. The maximum Gasteiger partial charge on any atom is 0.460 e. The van der Waals surface area contributed by atoms with E-state index in [1.54, 1.807) is 19.0 Å². The van der Waals surface area contributed by atoms with E-state index in [2.05, 4.69) is 27.7 Å². The number of carbonyl (C=O) groups is 3. The van der Waals surface area contributed by atoms with Crippen LogP contribution in [0.5, 0.6) is 0 Å². The van der Waals surface area contributed by atoms with Crippen LogP contribution >= 0.6 is 0 Å². The first-order valence-corrected chi connectivity index (χ1v) is 30.5. The molecule has 1 amide bonds. The lowest BCUT2D eigenvalue weighted by Gasteiger charge is -2.42. The summed E-state index contributed by atoms with van der Waals surface area (Å²) in [5.74, 6) is -52.7. The van der Waals surface area contributed by atoms with Crippen LogP contribution in [0.2, 0.25) is 0 Å². The minimum atomic E-state index is -8.53. The molecule has 0 N–H and O–H groups in total. The number of esters is 2. The molecule has 0 aromatic carbocycles. The lowest BCUT2D eigenvalue weighted by atomic mass is 9.90. The van der Waals surface area contributed by atoms with Crippen LogP contribution in [0.25, 0.3) is 0 Å². The fourth-order valence-electron chi connectivity index (χ4n) is 9.88. The molecule has 2 atom stereocenters. The third kappa shape index (κ3) is 27.5. The third-order valence-electron chi connectivity index (χ3n) is 15.2. The number of alkyl halides is 15. The zero-order valence-corrected chi connectivity index (χ0v) is 49.6. The van der Waals surface area contributed by atoms with Gasteiger partial charge in [0.05, 0.1) is 13.2 Å². The number of amides is 1. The molecule has 0 aliphatic heterocycles. The van der Waals surface area contributed by atoms with Gasteiger partial charge in [-0.25, -0.2) is 0 Å². The van der Waals surface area contributed by atoms with Gasteiger partial charge in [0.25, 0.3) is 5.91 Å². The normalized spacial score (nSPS) is 14.3. The highest BCUT2D eigenvalue weighted by Gasteiger charge is 2.94. The Bertz CT molecular complexity index is 1600. The molecular formula is C59H101F15N2O5. The van der Waals surface area contributed by atoms with Gasteiger partial charge >= 0.3 is 53.7 Å². The minimum Gasteiger partial charge on any atom is -0.465 e. The van der Waals surface area contributed by atoms with Crippen molar-refractivity contribution in [3.63, 3.8) is 0 Å². The van der Waals surface area contributed by atoms with Gasteiger partial charge in [-0.15, -0.1) is 0 Å². The van der Waals surface area contributed by atoms with Crippen LogP contribution in [0.1, 0.15) is 259 Å². The fraction of sp³-hybridized carbons (Fsp3) is 0.949. The quantitative estimate of drug-likeness (QED) is 0.0343. The van der Waals surface area contributed by atoms with Gasteiger partial charge in [-0.05, 0) is 96.7 Å². The Kier molecular flexibility index (Phi) is 39.3. The largest absolute Gasteiger partial charge is 0.465 e. The zero-order chi connectivity index (χ0) is 61.8. The Labute approximate surface area is 475 Å². The van der Waals surface area contributed by atoms with Crippen molar-refractivity contribution in [2.75, 3.05) is 40.4 Å². The third-order valence-corrected chi connectivity index (χ3v) is 15.2. The van der Waals surface area contributed by atoms with Crippen molar-refractivity contribution >= 4 is 17.8 Å². The van der Waals surface area contributed by atoms with E-state index in [-0.39, 0.29) is 114 Å². The average molecular weight is 1200 g/mol. The van der Waals surface area contributed by atoms with Crippen molar-refractivity contribution < 1.29 is 89.7 Å². The second kappa shape index (κ2) is 40.6. The first-order valence-electron chi connectivity index (χ1n) is 30.5. The molecule has 81 heavy (non-hydrogen) atoms. The van der Waals surface area contributed by atoms with Gasteiger partial charge < -0.3 is 19.3 Å². The molecule has 7 nitrogen and oxygen atoms in total. The summed E-state index contributed by atoms with van der Waals surface area (Å²) in [6.45, 7) is 8.13. The maximum absolute atomic E-state index is 15.9. The lowest BCUT2D eigenvalue weighted by molar-refractivity contribution is -0.450. The Morgan fingerprint density at radius 3 is 1.01 bits per heavy atom. The Morgan fingerprint density at radius 1 is 0.358 bits per heavy atom. The molecule has 0 spiro atoms. The van der Waals surface area contributed by atoms with E-state index in [9.17, 15) is 62.7 Å². The summed E-state index contributed by atoms with van der Waals surface area (Å²) in [5.41, 5.74) is 0. The van der Waals surface area contributed by atoms with Crippen LogP contribution in [0, 0.1) is 11.8 Å². The van der Waals surface area contributed by atoms with Crippen molar-refractivity contribution in [3.8, 4) is 0 Å². The van der Waals surface area contributed by atoms with Crippen molar-refractivity contribution in [3.05, 3.63) is 0 Å². The molecule has 0 aliphatic carbocycles. The molecule has 2 unspecified atom stereocenters. The zero-order valence-electron chi connectivity index (χ0n) is 49.6. The molecule has 0 aliphatic rings. The average Bonchev–Trinajstić information content (AvgIpc) is 3.39. The van der Waals surface area contributed by atoms with Gasteiger partial charge in [0.1, 0.15) is 0 Å². The van der Waals surface area contributed by atoms with E-state index in [1.165, 1.54) is 0 Å². The Hall–Kier alpha value is -2.68. The van der Waals surface area contributed by atoms with Gasteiger partial charge in [-0.1, -0.05) is 182 Å². The smallest absolute Gasteiger partial charge is 0.460 e. The van der Waals surface area contributed by atoms with E-state index < -0.39 is 72.1 Å². The number of carbonyl (C=O) groups excluding carboxylic acids is 3. The number of hydrogen-bond acceptors (Lipinski definition) is 6. The molecule has 0 heterocycles. The summed E-state index contributed by atoms with van der Waals surface area (Å²) < 4.78 is 227. The second-order valence-electron chi connectivity index (χ2n) is 22.7. The summed E-state index contributed by atoms with van der Waals surface area (Å²) in [5, 5.41) is 0. The van der Waals surface area contributed by atoms with E-state index >= 15 is 17.6 Å². The highest BCUT2D eigenvalue weighted by molar-refractivity contribution is 5.85. The van der Waals surface area contributed by atoms with Crippen molar-refractivity contribution in [1.29, 1.82) is 0 Å². The number of ether oxygens (including phenoxy) is 2. The van der Waals surface area contributed by atoms with E-state index in [1.807, 2.05) is 0 Å². The predicted molar refractivity (Wildman–Crippen MR) is 288 cm³/mol. The highest BCUT2D eigenvalue weighted by atomic mass is 19.4. The number of hydrogen-bond donors (Lipinski definition) is 0. The molecular weight excluding hydrogens is 1100 g/mol. The molecule has 0 saturated carbocycles. The van der Waals surface area contributed by atoms with Gasteiger partial charge in [0.2, 0.25) is 0 Å². The summed E-state index contributed by atoms with van der Waals surface area (Å²) in [6, 6.07) is -1.59. The topological polar surface area (TPSA) is 76.2 Å². The SMILES string of the molecule is CCCCCCCCC(CCCCCC)COC(=O)CCCCCC(CCCCCC(=O)OCC(CCCCCC)CCCCCCCC)N(CCCCN(C)C)C(=O)C(F)(F)C(F)(F)C(F)(F)C(F)(F)C(F)(F)C(F)(F)C(F)(F)F. The molecule has 0 bridgehead atoms. The second-order valence-corrected chi connectivity index (χ2v) is 22.7. The van der Waals surface area contributed by atoms with E-state index in [4.69, 9.17) is 9.47 Å². The van der Waals surface area contributed by atoms with Crippen LogP contribution in [-0.2, 0) is 23.9 Å². The molecule has 0 saturated heterocycles. The number of nitrogens with zero attached hydrogens (tertiary/aromatic N) is 2. The molecule has 0 aromatic rings. The van der Waals surface area contributed by atoms with Gasteiger partial charge in [0, 0.05) is 25.4 Å². The van der Waals surface area contributed by atoms with Gasteiger partial charge in [-0.2, -0.15) is 65.9 Å². The summed E-state index contributed by atoms with van der Waals surface area (Å²) >= 11 is 0. The molecule has 0 radical (unpaired) electrons. The Morgan fingerprint density at radius 2 is 0.654 bits per heavy atom. The fourth-order valence-corrected chi connectivity index (χ4v) is 9.88. The number of rotatable bonds is 52. The minimum absolute atomic E-state index is 0.0116. The van der Waals surface area contributed by atoms with Crippen LogP contribution in [0.3, 0.4) is 0 Å². The first-order chi connectivity index (χ1) is 37.9. The van der Waals surface area contributed by atoms with Crippen LogP contribution < -0.4 is 0 Å². The van der Waals surface area contributed by atoms with Gasteiger partial charge in [0.15, 0.2) is 0 Å². The number of halogens is 15. The standard InChI is InChI=1S/C59H101F15N2O5/c1-7-11-15-19-21-27-37-47(35-25-17-13-9-3)45-80-50(77)41-31-23-29-39-49(40-30-24-32-42-51(78)81-46-48(36-26-18-14-10-4)38-28-22-20-16-12-8-2)76(44-34-33-43-75(5)6)52(79)53(60,61)54(62,63)55(64,65)56(66,67)57(68,69)58(70,71)59(72,73)74/h47-49H,7-46H2,1-6H3. The Balaban J connectivity index is 6.61. The van der Waals surface area contributed by atoms with Crippen molar-refractivity contribution in [2.45, 2.75) is 307 Å². The maximum atomic E-state index is 15.9. The molecule has 0 rings (SSSR count). The van der Waals surface area contributed by atoms with Crippen LogP contribution in [0.4, 0.5) is 65.9 Å². The first kappa shape index (κ1) is 78.3. The molecule has 482 valence electrons. The summed E-state index contributed by atoms with van der Waals surface area (Å²) in [6.07, 6.45) is 16.5. The van der Waals surface area contributed by atoms with Crippen LogP contribution in [0.15, 0.2) is 0 Å². The molecule has 0 aromatic heterocycles. The van der Waals surface area contributed by atoms with E-state index in [0.717, 1.165) is 154 Å². The molecule has 22 heteroatoms.